The molecule has 0 saturated carbocycles. The standard InChI is InChI=1S/C14H14N2OS2/c1-2-8-18-9-7-16-14(17)13-12(15)10-5-3-4-6-11(10)19-13/h1,3-6H,7-9,15H2,(H,16,17). The SMILES string of the molecule is C#CCSCCNC(=O)c1sc2ccccc2c1N. The van der Waals surface area contributed by atoms with Crippen molar-refractivity contribution in [1.29, 1.82) is 0 Å². The Morgan fingerprint density at radius 1 is 1.47 bits per heavy atom. The van der Waals surface area contributed by atoms with Gasteiger partial charge in [-0.1, -0.05) is 24.1 Å². The molecule has 19 heavy (non-hydrogen) atoms. The van der Waals surface area contributed by atoms with Gasteiger partial charge >= 0.3 is 0 Å². The second kappa shape index (κ2) is 6.50. The lowest BCUT2D eigenvalue weighted by atomic mass is 10.2. The summed E-state index contributed by atoms with van der Waals surface area (Å²) in [5.41, 5.74) is 6.57. The van der Waals surface area contributed by atoms with Crippen LogP contribution in [0.5, 0.6) is 0 Å². The van der Waals surface area contributed by atoms with Crippen LogP contribution in [-0.2, 0) is 0 Å². The summed E-state index contributed by atoms with van der Waals surface area (Å²) < 4.78 is 1.03. The lowest BCUT2D eigenvalue weighted by Crippen LogP contribution is -2.25. The van der Waals surface area contributed by atoms with E-state index < -0.39 is 0 Å². The summed E-state index contributed by atoms with van der Waals surface area (Å²) in [4.78, 5) is 12.6. The number of benzene rings is 1. The van der Waals surface area contributed by atoms with Crippen molar-refractivity contribution in [2.75, 3.05) is 23.8 Å². The molecule has 2 rings (SSSR count). The molecule has 0 radical (unpaired) electrons. The molecule has 0 aliphatic heterocycles. The minimum absolute atomic E-state index is 0.111. The zero-order valence-corrected chi connectivity index (χ0v) is 11.9. The molecule has 0 fully saturated rings. The van der Waals surface area contributed by atoms with E-state index in [2.05, 4.69) is 11.2 Å². The Labute approximate surface area is 120 Å². The fraction of sp³-hybridized carbons (Fsp3) is 0.214. The quantitative estimate of drug-likeness (QED) is 0.657. The van der Waals surface area contributed by atoms with E-state index in [-0.39, 0.29) is 5.91 Å². The first-order valence-corrected chi connectivity index (χ1v) is 7.77. The van der Waals surface area contributed by atoms with E-state index in [1.807, 2.05) is 24.3 Å². The van der Waals surface area contributed by atoms with Crippen LogP contribution >= 0.6 is 23.1 Å². The summed E-state index contributed by atoms with van der Waals surface area (Å²) in [6, 6.07) is 7.76. The Hall–Kier alpha value is -1.64. The van der Waals surface area contributed by atoms with Crippen LogP contribution in [0.1, 0.15) is 9.67 Å². The maximum absolute atomic E-state index is 12.0. The predicted molar refractivity (Wildman–Crippen MR) is 84.7 cm³/mol. The monoisotopic (exact) mass is 290 g/mol. The summed E-state index contributed by atoms with van der Waals surface area (Å²) in [5, 5.41) is 3.81. The molecule has 0 aliphatic rings. The molecule has 0 aliphatic carbocycles. The fourth-order valence-electron chi connectivity index (χ4n) is 1.68. The highest BCUT2D eigenvalue weighted by molar-refractivity contribution is 7.99. The second-order valence-corrected chi connectivity index (χ2v) is 6.01. The van der Waals surface area contributed by atoms with Gasteiger partial charge in [0.1, 0.15) is 4.88 Å². The smallest absolute Gasteiger partial charge is 0.263 e. The van der Waals surface area contributed by atoms with Gasteiger partial charge in [0.05, 0.1) is 11.4 Å². The maximum Gasteiger partial charge on any atom is 0.263 e. The van der Waals surface area contributed by atoms with Gasteiger partial charge in [-0.25, -0.2) is 0 Å². The first-order chi connectivity index (χ1) is 9.24. The van der Waals surface area contributed by atoms with Crippen molar-refractivity contribution in [3.8, 4) is 12.3 Å². The van der Waals surface area contributed by atoms with Gasteiger partial charge in [-0.05, 0) is 6.07 Å². The Morgan fingerprint density at radius 2 is 2.26 bits per heavy atom. The number of terminal acetylenes is 1. The van der Waals surface area contributed by atoms with Gasteiger partial charge in [0.25, 0.3) is 5.91 Å². The molecule has 1 amide bonds. The number of carbonyl (C=O) groups is 1. The highest BCUT2D eigenvalue weighted by atomic mass is 32.2. The number of anilines is 1. The van der Waals surface area contributed by atoms with Crippen LogP contribution in [0.2, 0.25) is 0 Å². The van der Waals surface area contributed by atoms with E-state index in [4.69, 9.17) is 12.2 Å². The van der Waals surface area contributed by atoms with Crippen LogP contribution in [0.4, 0.5) is 5.69 Å². The van der Waals surface area contributed by atoms with Gasteiger partial charge in [0.15, 0.2) is 0 Å². The van der Waals surface area contributed by atoms with Crippen LogP contribution in [0.15, 0.2) is 24.3 Å². The molecule has 98 valence electrons. The van der Waals surface area contributed by atoms with Crippen molar-refractivity contribution >= 4 is 44.8 Å². The number of nitrogens with two attached hydrogens (primary N) is 1. The first-order valence-electron chi connectivity index (χ1n) is 5.80. The molecule has 2 aromatic rings. The second-order valence-electron chi connectivity index (χ2n) is 3.85. The number of nitrogen functional groups attached to an aromatic ring is 1. The third-order valence-corrected chi connectivity index (χ3v) is 4.61. The van der Waals surface area contributed by atoms with Crippen LogP contribution in [-0.4, -0.2) is 24.0 Å². The van der Waals surface area contributed by atoms with Crippen molar-refractivity contribution < 1.29 is 4.79 Å². The molecule has 1 aromatic heterocycles. The first kappa shape index (κ1) is 13.8. The summed E-state index contributed by atoms with van der Waals surface area (Å²) in [5.74, 6) is 3.91. The highest BCUT2D eigenvalue weighted by Crippen LogP contribution is 2.33. The number of carbonyl (C=O) groups excluding carboxylic acids is 1. The van der Waals surface area contributed by atoms with E-state index in [0.717, 1.165) is 15.8 Å². The summed E-state index contributed by atoms with van der Waals surface area (Å²) >= 11 is 3.05. The molecule has 5 heteroatoms. The van der Waals surface area contributed by atoms with Crippen LogP contribution in [0.3, 0.4) is 0 Å². The van der Waals surface area contributed by atoms with E-state index in [1.54, 1.807) is 11.8 Å². The average molecular weight is 290 g/mol. The number of amides is 1. The molecule has 0 unspecified atom stereocenters. The minimum Gasteiger partial charge on any atom is -0.397 e. The van der Waals surface area contributed by atoms with Crippen LogP contribution in [0.25, 0.3) is 10.1 Å². The average Bonchev–Trinajstić information content (AvgIpc) is 2.76. The Bertz CT molecular complexity index is 628. The number of thioether (sulfide) groups is 1. The summed E-state index contributed by atoms with van der Waals surface area (Å²) in [6.45, 7) is 0.596. The highest BCUT2D eigenvalue weighted by Gasteiger charge is 2.15. The van der Waals surface area contributed by atoms with Crippen molar-refractivity contribution in [3.63, 3.8) is 0 Å². The third kappa shape index (κ3) is 3.22. The molecule has 3 nitrogen and oxygen atoms in total. The number of fused-ring (bicyclic) bond motifs is 1. The Balaban J connectivity index is 2.02. The van der Waals surface area contributed by atoms with Crippen molar-refractivity contribution in [3.05, 3.63) is 29.1 Å². The molecular weight excluding hydrogens is 276 g/mol. The zero-order chi connectivity index (χ0) is 13.7. The number of rotatable bonds is 5. The maximum atomic E-state index is 12.0. The van der Waals surface area contributed by atoms with Gasteiger partial charge in [0, 0.05) is 22.4 Å². The molecule has 1 aromatic carbocycles. The summed E-state index contributed by atoms with van der Waals surface area (Å²) in [7, 11) is 0. The number of nitrogens with one attached hydrogen (secondary N) is 1. The molecule has 3 N–H and O–H groups in total. The summed E-state index contributed by atoms with van der Waals surface area (Å²) in [6.07, 6.45) is 5.15. The van der Waals surface area contributed by atoms with Crippen LogP contribution in [0, 0.1) is 12.3 Å². The topological polar surface area (TPSA) is 55.1 Å². The number of hydrogen-bond acceptors (Lipinski definition) is 4. The Kier molecular flexibility index (Phi) is 4.72. The fourth-order valence-corrected chi connectivity index (χ4v) is 3.23. The lowest BCUT2D eigenvalue weighted by molar-refractivity contribution is 0.0961. The van der Waals surface area contributed by atoms with E-state index in [9.17, 15) is 4.79 Å². The van der Waals surface area contributed by atoms with Crippen molar-refractivity contribution in [2.45, 2.75) is 0 Å². The van der Waals surface area contributed by atoms with Crippen molar-refractivity contribution in [1.82, 2.24) is 5.32 Å². The molecular formula is C14H14N2OS2. The molecule has 1 heterocycles. The van der Waals surface area contributed by atoms with E-state index in [0.29, 0.717) is 22.9 Å². The molecule has 0 bridgehead atoms. The lowest BCUT2D eigenvalue weighted by Gasteiger charge is -2.03. The van der Waals surface area contributed by atoms with E-state index >= 15 is 0 Å². The molecule has 0 atom stereocenters. The molecule has 0 saturated heterocycles. The minimum atomic E-state index is -0.111. The number of thiophene rings is 1. The normalized spacial score (nSPS) is 10.3. The van der Waals surface area contributed by atoms with Gasteiger partial charge in [0.2, 0.25) is 0 Å². The molecule has 0 spiro atoms. The van der Waals surface area contributed by atoms with Crippen molar-refractivity contribution in [2.24, 2.45) is 0 Å². The number of hydrogen-bond donors (Lipinski definition) is 2. The Morgan fingerprint density at radius 3 is 3.00 bits per heavy atom. The third-order valence-electron chi connectivity index (χ3n) is 2.56. The van der Waals surface area contributed by atoms with Gasteiger partial charge in [-0.3, -0.25) is 4.79 Å². The largest absolute Gasteiger partial charge is 0.397 e. The van der Waals surface area contributed by atoms with Crippen LogP contribution < -0.4 is 11.1 Å². The van der Waals surface area contributed by atoms with Gasteiger partial charge < -0.3 is 11.1 Å². The van der Waals surface area contributed by atoms with E-state index in [1.165, 1.54) is 11.3 Å². The van der Waals surface area contributed by atoms with Gasteiger partial charge in [-0.2, -0.15) is 0 Å². The van der Waals surface area contributed by atoms with Gasteiger partial charge in [-0.15, -0.1) is 29.5 Å². The predicted octanol–water partition coefficient (Wildman–Crippen LogP) is 2.58. The zero-order valence-electron chi connectivity index (χ0n) is 10.3.